The van der Waals surface area contributed by atoms with Crippen LogP contribution in [0.15, 0.2) is 71.2 Å². The van der Waals surface area contributed by atoms with Crippen molar-refractivity contribution < 1.29 is 39.9 Å². The molecule has 0 aromatic heterocycles. The van der Waals surface area contributed by atoms with Crippen LogP contribution in [0.1, 0.15) is 27.4 Å². The van der Waals surface area contributed by atoms with Crippen molar-refractivity contribution >= 4 is 17.5 Å². The maximum Gasteiger partial charge on any atom is 0.255 e. The van der Waals surface area contributed by atoms with E-state index in [4.69, 9.17) is 5.73 Å². The first-order valence-electron chi connectivity index (χ1n) is 11.6. The summed E-state index contributed by atoms with van der Waals surface area (Å²) in [5, 5.41) is 56.7. The zero-order chi connectivity index (χ0) is 27.0. The van der Waals surface area contributed by atoms with E-state index in [1.54, 1.807) is 42.5 Å². The van der Waals surface area contributed by atoms with Gasteiger partial charge in [-0.1, -0.05) is 42.5 Å². The third kappa shape index (κ3) is 3.13. The molecule has 0 spiro atoms. The minimum Gasteiger partial charge on any atom is -0.510 e. The van der Waals surface area contributed by atoms with Crippen LogP contribution in [-0.2, 0) is 9.59 Å². The molecule has 6 atom stereocenters. The second-order valence-corrected chi connectivity index (χ2v) is 9.89. The molecule has 2 aromatic carbocycles. The van der Waals surface area contributed by atoms with E-state index in [1.165, 1.54) is 25.1 Å². The van der Waals surface area contributed by atoms with Gasteiger partial charge in [0.05, 0.1) is 23.6 Å². The lowest BCUT2D eigenvalue weighted by atomic mass is 9.54. The van der Waals surface area contributed by atoms with Gasteiger partial charge in [-0.25, -0.2) is 0 Å². The minimum atomic E-state index is -2.95. The Labute approximate surface area is 211 Å². The zero-order valence-corrected chi connectivity index (χ0v) is 20.0. The van der Waals surface area contributed by atoms with Gasteiger partial charge in [0.1, 0.15) is 22.8 Å². The predicted molar refractivity (Wildman–Crippen MR) is 130 cm³/mol. The van der Waals surface area contributed by atoms with Crippen LogP contribution < -0.4 is 5.73 Å². The number of hydrogen-bond acceptors (Lipinski definition) is 9. The molecule has 37 heavy (non-hydrogen) atoms. The van der Waals surface area contributed by atoms with Crippen molar-refractivity contribution in [2.24, 2.45) is 17.6 Å². The SMILES string of the molecule is CN(C)[C@@H]1C(O)=C(C(N)=O)C(=O)[C@@]2(O)C(O)=C3C(=O)c4c(O)cccc4[C@H](c4ccccc4)[C@H]3[C@H](O)C12. The molecule has 3 aliphatic carbocycles. The van der Waals surface area contributed by atoms with E-state index in [0.29, 0.717) is 11.1 Å². The average molecular weight is 507 g/mol. The van der Waals surface area contributed by atoms with E-state index in [2.05, 4.69) is 0 Å². The Balaban J connectivity index is 1.87. The van der Waals surface area contributed by atoms with Crippen LogP contribution in [0.4, 0.5) is 0 Å². The number of primary amides is 1. The number of rotatable bonds is 3. The molecule has 0 saturated heterocycles. The van der Waals surface area contributed by atoms with Gasteiger partial charge in [0.2, 0.25) is 5.78 Å². The summed E-state index contributed by atoms with van der Waals surface area (Å²) in [4.78, 5) is 40.7. The molecule has 0 fully saturated rings. The molecule has 1 unspecified atom stereocenters. The molecular weight excluding hydrogens is 480 g/mol. The van der Waals surface area contributed by atoms with E-state index in [0.717, 1.165) is 0 Å². The lowest BCUT2D eigenvalue weighted by molar-refractivity contribution is -0.162. The summed E-state index contributed by atoms with van der Waals surface area (Å²) in [7, 11) is 2.99. The molecule has 0 radical (unpaired) electrons. The van der Waals surface area contributed by atoms with Gasteiger partial charge in [0.15, 0.2) is 11.4 Å². The number of hydrogen-bond donors (Lipinski definition) is 6. The van der Waals surface area contributed by atoms with Crippen molar-refractivity contribution in [3.05, 3.63) is 87.9 Å². The van der Waals surface area contributed by atoms with Crippen LogP contribution in [0.2, 0.25) is 0 Å². The van der Waals surface area contributed by atoms with E-state index < -0.39 is 75.6 Å². The maximum atomic E-state index is 13.7. The normalized spacial score (nSPS) is 31.2. The first-order valence-corrected chi connectivity index (χ1v) is 11.6. The molecule has 0 aliphatic heterocycles. The van der Waals surface area contributed by atoms with Gasteiger partial charge < -0.3 is 31.3 Å². The van der Waals surface area contributed by atoms with Crippen LogP contribution >= 0.6 is 0 Å². The van der Waals surface area contributed by atoms with Crippen molar-refractivity contribution in [3.8, 4) is 5.75 Å². The molecular formula is C27H26N2O8. The van der Waals surface area contributed by atoms with Gasteiger partial charge in [0.25, 0.3) is 5.91 Å². The fourth-order valence-corrected chi connectivity index (χ4v) is 6.33. The van der Waals surface area contributed by atoms with Gasteiger partial charge in [-0.3, -0.25) is 19.3 Å². The van der Waals surface area contributed by atoms with Crippen molar-refractivity contribution in [1.29, 1.82) is 0 Å². The van der Waals surface area contributed by atoms with Crippen molar-refractivity contribution in [2.75, 3.05) is 14.1 Å². The molecule has 0 saturated carbocycles. The summed E-state index contributed by atoms with van der Waals surface area (Å²) in [6, 6.07) is 12.0. The number of phenols is 1. The largest absolute Gasteiger partial charge is 0.510 e. The number of amides is 1. The van der Waals surface area contributed by atoms with Crippen molar-refractivity contribution in [3.63, 3.8) is 0 Å². The quantitative estimate of drug-likeness (QED) is 0.326. The fraction of sp³-hybridized carbons (Fsp3) is 0.296. The number of aromatic hydroxyl groups is 1. The molecule has 3 aliphatic rings. The Bertz CT molecular complexity index is 1410. The molecule has 0 bridgehead atoms. The van der Waals surface area contributed by atoms with E-state index in [1.807, 2.05) is 0 Å². The first-order chi connectivity index (χ1) is 17.4. The second kappa shape index (κ2) is 8.27. The van der Waals surface area contributed by atoms with Crippen molar-refractivity contribution in [1.82, 2.24) is 4.90 Å². The number of Topliss-reactive ketones (excluding diaryl/α,β-unsaturated/α-hetero) is 2. The molecule has 10 heteroatoms. The number of carbonyl (C=O) groups excluding carboxylic acids is 3. The highest BCUT2D eigenvalue weighted by molar-refractivity contribution is 6.25. The molecule has 2 aromatic rings. The third-order valence-electron chi connectivity index (χ3n) is 7.82. The molecule has 0 heterocycles. The van der Waals surface area contributed by atoms with Gasteiger partial charge in [0, 0.05) is 17.4 Å². The van der Waals surface area contributed by atoms with Gasteiger partial charge >= 0.3 is 0 Å². The standard InChI is InChI=1S/C27H26N2O8/c1-29(2)20-19-22(32)16-14(11-7-4-3-5-8-11)12-9-6-10-13(30)15(12)21(31)17(16)24(34)27(19,37)25(35)18(23(20)33)26(28)36/h3-10,14,16,19-20,22,30,32-34,37H,1-2H3,(H2,28,36)/t14-,16+,19?,20-,22-,27-/m0/s1. The minimum absolute atomic E-state index is 0.135. The monoisotopic (exact) mass is 506 g/mol. The van der Waals surface area contributed by atoms with Crippen LogP contribution in [-0.4, -0.2) is 79.7 Å². The third-order valence-corrected chi connectivity index (χ3v) is 7.82. The fourth-order valence-electron chi connectivity index (χ4n) is 6.33. The maximum absolute atomic E-state index is 13.7. The number of fused-ring (bicyclic) bond motifs is 3. The number of ketones is 2. The van der Waals surface area contributed by atoms with Gasteiger partial charge in [-0.2, -0.15) is 0 Å². The van der Waals surface area contributed by atoms with Crippen molar-refractivity contribution in [2.45, 2.75) is 23.7 Å². The zero-order valence-electron chi connectivity index (χ0n) is 20.0. The average Bonchev–Trinajstić information content (AvgIpc) is 2.84. The highest BCUT2D eigenvalue weighted by atomic mass is 16.4. The van der Waals surface area contributed by atoms with E-state index in [9.17, 15) is 39.9 Å². The summed E-state index contributed by atoms with van der Waals surface area (Å²) in [6.07, 6.45) is -1.67. The molecule has 5 rings (SSSR count). The Morgan fingerprint density at radius 3 is 2.24 bits per heavy atom. The van der Waals surface area contributed by atoms with Gasteiger partial charge in [-0.15, -0.1) is 0 Å². The Morgan fingerprint density at radius 1 is 1.00 bits per heavy atom. The molecule has 192 valence electrons. The Kier molecular flexibility index (Phi) is 5.52. The predicted octanol–water partition coefficient (Wildman–Crippen LogP) is 0.681. The van der Waals surface area contributed by atoms with Crippen LogP contribution in [0.3, 0.4) is 0 Å². The van der Waals surface area contributed by atoms with Crippen LogP contribution in [0, 0.1) is 11.8 Å². The number of phenolic OH excluding ortho intramolecular Hbond substituents is 1. The first kappa shape index (κ1) is 24.7. The number of likely N-dealkylation sites (N-methyl/N-ethyl adjacent to an activating group) is 1. The Morgan fingerprint density at radius 2 is 1.65 bits per heavy atom. The summed E-state index contributed by atoms with van der Waals surface area (Å²) in [5.41, 5.74) is 1.91. The number of nitrogens with zero attached hydrogens (tertiary/aromatic N) is 1. The summed E-state index contributed by atoms with van der Waals surface area (Å²) >= 11 is 0. The van der Waals surface area contributed by atoms with Crippen LogP contribution in [0.5, 0.6) is 5.75 Å². The summed E-state index contributed by atoms with van der Waals surface area (Å²) in [6.45, 7) is 0. The number of carbonyl (C=O) groups is 3. The summed E-state index contributed by atoms with van der Waals surface area (Å²) in [5.74, 6) is -9.33. The number of aliphatic hydroxyl groups excluding tert-OH is 3. The molecule has 10 nitrogen and oxygen atoms in total. The number of aliphatic hydroxyl groups is 4. The Hall–Kier alpha value is -3.99. The van der Waals surface area contributed by atoms with Crippen LogP contribution in [0.25, 0.3) is 0 Å². The smallest absolute Gasteiger partial charge is 0.255 e. The highest BCUT2D eigenvalue weighted by Crippen LogP contribution is 2.56. The lowest BCUT2D eigenvalue weighted by Gasteiger charge is -2.53. The lowest BCUT2D eigenvalue weighted by Crippen LogP contribution is -2.68. The van der Waals surface area contributed by atoms with E-state index in [-0.39, 0.29) is 11.3 Å². The topological polar surface area (TPSA) is 182 Å². The number of benzene rings is 2. The molecule has 7 N–H and O–H groups in total. The summed E-state index contributed by atoms with van der Waals surface area (Å²) < 4.78 is 0. The van der Waals surface area contributed by atoms with E-state index >= 15 is 0 Å². The second-order valence-electron chi connectivity index (χ2n) is 9.89. The van der Waals surface area contributed by atoms with Gasteiger partial charge in [-0.05, 0) is 31.3 Å². The molecule has 1 amide bonds. The number of nitrogens with two attached hydrogens (primary N) is 1. The highest BCUT2D eigenvalue weighted by Gasteiger charge is 2.67.